The number of ether oxygens (including phenoxy) is 1. The lowest BCUT2D eigenvalue weighted by molar-refractivity contribution is 0.0526. The van der Waals surface area contributed by atoms with E-state index in [1.54, 1.807) is 38.1 Å². The molecule has 6 heteroatoms. The average Bonchev–Trinajstić information content (AvgIpc) is 2.86. The first-order valence-electron chi connectivity index (χ1n) is 6.20. The molecule has 0 aliphatic rings. The molecule has 6 nitrogen and oxygen atoms in total. The summed E-state index contributed by atoms with van der Waals surface area (Å²) in [5, 5.41) is 9.23. The Kier molecular flexibility index (Phi) is 4.14. The molecule has 2 rings (SSSR count). The second-order valence-electron chi connectivity index (χ2n) is 4.16. The van der Waals surface area contributed by atoms with Crippen LogP contribution in [0, 0.1) is 6.92 Å². The van der Waals surface area contributed by atoms with E-state index in [-0.39, 0.29) is 11.9 Å². The first-order chi connectivity index (χ1) is 9.61. The van der Waals surface area contributed by atoms with Crippen LogP contribution in [0.3, 0.4) is 0 Å². The number of nitrogens with one attached hydrogen (secondary N) is 2. The van der Waals surface area contributed by atoms with Gasteiger partial charge < -0.3 is 10.1 Å². The Morgan fingerprint density at radius 3 is 2.55 bits per heavy atom. The van der Waals surface area contributed by atoms with Crippen LogP contribution < -0.4 is 5.32 Å². The van der Waals surface area contributed by atoms with Gasteiger partial charge in [-0.15, -0.1) is 0 Å². The number of rotatable bonds is 4. The molecule has 104 valence electrons. The number of benzene rings is 1. The maximum atomic E-state index is 12.0. The Hall–Kier alpha value is -2.63. The normalized spacial score (nSPS) is 10.1. The summed E-state index contributed by atoms with van der Waals surface area (Å²) in [5.41, 5.74) is 2.23. The van der Waals surface area contributed by atoms with Gasteiger partial charge in [-0.05, 0) is 38.1 Å². The molecule has 0 fully saturated rings. The summed E-state index contributed by atoms with van der Waals surface area (Å²) in [4.78, 5) is 23.4. The monoisotopic (exact) mass is 273 g/mol. The minimum absolute atomic E-state index is 0.250. The maximum Gasteiger partial charge on any atom is 0.338 e. The fourth-order valence-corrected chi connectivity index (χ4v) is 1.68. The zero-order chi connectivity index (χ0) is 14.5. The molecule has 0 saturated carbocycles. The van der Waals surface area contributed by atoms with Gasteiger partial charge in [0.15, 0.2) is 0 Å². The van der Waals surface area contributed by atoms with Crippen LogP contribution in [0.1, 0.15) is 33.3 Å². The van der Waals surface area contributed by atoms with Crippen molar-refractivity contribution in [3.05, 3.63) is 47.3 Å². The second-order valence-corrected chi connectivity index (χ2v) is 4.16. The van der Waals surface area contributed by atoms with Gasteiger partial charge in [0, 0.05) is 11.4 Å². The van der Waals surface area contributed by atoms with Crippen LogP contribution in [0.4, 0.5) is 5.69 Å². The lowest BCUT2D eigenvalue weighted by Crippen LogP contribution is -2.12. The van der Waals surface area contributed by atoms with Crippen molar-refractivity contribution in [2.45, 2.75) is 13.8 Å². The number of amides is 1. The summed E-state index contributed by atoms with van der Waals surface area (Å²) in [6.45, 7) is 3.85. The molecule has 0 bridgehead atoms. The third-order valence-electron chi connectivity index (χ3n) is 2.73. The van der Waals surface area contributed by atoms with Gasteiger partial charge in [0.05, 0.1) is 23.9 Å². The minimum Gasteiger partial charge on any atom is -0.462 e. The maximum absolute atomic E-state index is 12.0. The van der Waals surface area contributed by atoms with Gasteiger partial charge >= 0.3 is 5.97 Å². The minimum atomic E-state index is -0.379. The van der Waals surface area contributed by atoms with Crippen LogP contribution in [-0.2, 0) is 4.74 Å². The van der Waals surface area contributed by atoms with Crippen molar-refractivity contribution in [2.24, 2.45) is 0 Å². The van der Waals surface area contributed by atoms with E-state index in [4.69, 9.17) is 4.74 Å². The van der Waals surface area contributed by atoms with E-state index in [0.29, 0.717) is 29.1 Å². The van der Waals surface area contributed by atoms with E-state index < -0.39 is 0 Å². The highest BCUT2D eigenvalue weighted by Gasteiger charge is 2.11. The molecular weight excluding hydrogens is 258 g/mol. The fraction of sp³-hybridized carbons (Fsp3) is 0.214. The SMILES string of the molecule is CCOC(=O)c1ccc(NC(=O)c2cn[nH]c2C)cc1. The second kappa shape index (κ2) is 6.01. The number of carbonyl (C=O) groups is 2. The van der Waals surface area contributed by atoms with Crippen LogP contribution in [0.15, 0.2) is 30.5 Å². The van der Waals surface area contributed by atoms with Crippen molar-refractivity contribution >= 4 is 17.6 Å². The number of aryl methyl sites for hydroxylation is 1. The number of carbonyl (C=O) groups excluding carboxylic acids is 2. The molecule has 1 amide bonds. The molecule has 0 unspecified atom stereocenters. The molecule has 2 N–H and O–H groups in total. The van der Waals surface area contributed by atoms with E-state index in [2.05, 4.69) is 15.5 Å². The molecule has 0 radical (unpaired) electrons. The van der Waals surface area contributed by atoms with Crippen molar-refractivity contribution in [1.29, 1.82) is 0 Å². The van der Waals surface area contributed by atoms with Crippen molar-refractivity contribution in [1.82, 2.24) is 10.2 Å². The van der Waals surface area contributed by atoms with Crippen molar-refractivity contribution in [2.75, 3.05) is 11.9 Å². The molecule has 1 heterocycles. The Labute approximate surface area is 116 Å². The topological polar surface area (TPSA) is 84.1 Å². The molecule has 0 atom stereocenters. The van der Waals surface area contributed by atoms with Gasteiger partial charge in [-0.3, -0.25) is 9.89 Å². The van der Waals surface area contributed by atoms with Crippen LogP contribution >= 0.6 is 0 Å². The van der Waals surface area contributed by atoms with Crippen LogP contribution in [0.2, 0.25) is 0 Å². The predicted octanol–water partition coefficient (Wildman–Crippen LogP) is 2.15. The summed E-state index contributed by atoms with van der Waals surface area (Å²) >= 11 is 0. The lowest BCUT2D eigenvalue weighted by atomic mass is 10.2. The van der Waals surface area contributed by atoms with E-state index in [0.717, 1.165) is 0 Å². The fourth-order valence-electron chi connectivity index (χ4n) is 1.68. The molecule has 0 aliphatic heterocycles. The first kappa shape index (κ1) is 13.8. The number of nitrogens with zero attached hydrogens (tertiary/aromatic N) is 1. The van der Waals surface area contributed by atoms with Crippen molar-refractivity contribution in [3.8, 4) is 0 Å². The van der Waals surface area contributed by atoms with Gasteiger partial charge in [-0.25, -0.2) is 4.79 Å². The quantitative estimate of drug-likeness (QED) is 0.836. The molecule has 20 heavy (non-hydrogen) atoms. The van der Waals surface area contributed by atoms with Gasteiger partial charge in [-0.2, -0.15) is 5.10 Å². The first-order valence-corrected chi connectivity index (χ1v) is 6.20. The van der Waals surface area contributed by atoms with E-state index in [1.807, 2.05) is 0 Å². The van der Waals surface area contributed by atoms with Crippen LogP contribution in [0.25, 0.3) is 0 Å². The van der Waals surface area contributed by atoms with Crippen molar-refractivity contribution < 1.29 is 14.3 Å². The summed E-state index contributed by atoms with van der Waals surface area (Å²) in [7, 11) is 0. The third kappa shape index (κ3) is 3.03. The lowest BCUT2D eigenvalue weighted by Gasteiger charge is -2.06. The Morgan fingerprint density at radius 1 is 1.30 bits per heavy atom. The van der Waals surface area contributed by atoms with Gasteiger partial charge in [0.2, 0.25) is 0 Å². The van der Waals surface area contributed by atoms with Gasteiger partial charge in [0.1, 0.15) is 0 Å². The number of hydrogen-bond donors (Lipinski definition) is 2. The Morgan fingerprint density at radius 2 is 2.00 bits per heavy atom. The highest BCUT2D eigenvalue weighted by atomic mass is 16.5. The average molecular weight is 273 g/mol. The number of aromatic amines is 1. The standard InChI is InChI=1S/C14H15N3O3/c1-3-20-14(19)10-4-6-11(7-5-10)16-13(18)12-8-15-17-9(12)2/h4-8H,3H2,1-2H3,(H,15,17)(H,16,18). The van der Waals surface area contributed by atoms with Crippen LogP contribution in [0.5, 0.6) is 0 Å². The largest absolute Gasteiger partial charge is 0.462 e. The summed E-state index contributed by atoms with van der Waals surface area (Å²) in [5.74, 6) is -0.629. The smallest absolute Gasteiger partial charge is 0.338 e. The molecule has 0 aliphatic carbocycles. The molecule has 2 aromatic rings. The van der Waals surface area contributed by atoms with Crippen LogP contribution in [-0.4, -0.2) is 28.7 Å². The Balaban J connectivity index is 2.06. The zero-order valence-corrected chi connectivity index (χ0v) is 11.3. The number of H-pyrrole nitrogens is 1. The van der Waals surface area contributed by atoms with E-state index in [1.165, 1.54) is 6.20 Å². The number of anilines is 1. The summed E-state index contributed by atoms with van der Waals surface area (Å²) < 4.78 is 4.88. The zero-order valence-electron chi connectivity index (χ0n) is 11.3. The van der Waals surface area contributed by atoms with Gasteiger partial charge in [0.25, 0.3) is 5.91 Å². The van der Waals surface area contributed by atoms with E-state index in [9.17, 15) is 9.59 Å². The molecule has 1 aromatic heterocycles. The Bertz CT molecular complexity index is 617. The molecule has 0 saturated heterocycles. The summed E-state index contributed by atoms with van der Waals surface area (Å²) in [6, 6.07) is 6.52. The molecular formula is C14H15N3O3. The van der Waals surface area contributed by atoms with Gasteiger partial charge in [-0.1, -0.05) is 0 Å². The summed E-state index contributed by atoms with van der Waals surface area (Å²) in [6.07, 6.45) is 1.47. The van der Waals surface area contributed by atoms with E-state index >= 15 is 0 Å². The number of esters is 1. The number of hydrogen-bond acceptors (Lipinski definition) is 4. The predicted molar refractivity (Wildman–Crippen MR) is 73.7 cm³/mol. The highest BCUT2D eigenvalue weighted by molar-refractivity contribution is 6.05. The number of aromatic nitrogens is 2. The third-order valence-corrected chi connectivity index (χ3v) is 2.73. The van der Waals surface area contributed by atoms with Crippen molar-refractivity contribution in [3.63, 3.8) is 0 Å². The highest BCUT2D eigenvalue weighted by Crippen LogP contribution is 2.13. The molecule has 0 spiro atoms. The molecule has 1 aromatic carbocycles.